The van der Waals surface area contributed by atoms with Crippen LogP contribution in [0.25, 0.3) is 22.3 Å². The van der Waals surface area contributed by atoms with Gasteiger partial charge in [-0.1, -0.05) is 0 Å². The van der Waals surface area contributed by atoms with Gasteiger partial charge in [0.2, 0.25) is 16.9 Å². The van der Waals surface area contributed by atoms with Gasteiger partial charge in [-0.15, -0.1) is 0 Å². The zero-order chi connectivity index (χ0) is 18.1. The van der Waals surface area contributed by atoms with E-state index >= 15 is 0 Å². The number of hydrogen-bond donors (Lipinski definition) is 1. The zero-order valence-electron chi connectivity index (χ0n) is 13.8. The Morgan fingerprint density at radius 2 is 1.64 bits per heavy atom. The van der Waals surface area contributed by atoms with Gasteiger partial charge in [0.1, 0.15) is 11.4 Å². The SMILES string of the molecule is COc1cc(-c2oc3cc(F)ccc3c(=O)c2O)cc(OC)c1OC. The first-order valence-corrected chi connectivity index (χ1v) is 7.25. The monoisotopic (exact) mass is 346 g/mol. The third-order valence-corrected chi connectivity index (χ3v) is 3.76. The maximum Gasteiger partial charge on any atom is 0.235 e. The topological polar surface area (TPSA) is 78.1 Å². The Hall–Kier alpha value is -3.22. The molecule has 0 bridgehead atoms. The molecule has 0 radical (unpaired) electrons. The molecule has 7 heteroatoms. The molecule has 1 N–H and O–H groups in total. The smallest absolute Gasteiger partial charge is 0.235 e. The Labute approximate surface area is 142 Å². The average molecular weight is 346 g/mol. The zero-order valence-corrected chi connectivity index (χ0v) is 13.8. The van der Waals surface area contributed by atoms with E-state index in [-0.39, 0.29) is 16.7 Å². The highest BCUT2D eigenvalue weighted by Gasteiger charge is 2.20. The van der Waals surface area contributed by atoms with E-state index in [1.807, 2.05) is 0 Å². The van der Waals surface area contributed by atoms with Crippen molar-refractivity contribution in [2.24, 2.45) is 0 Å². The standard InChI is InChI=1S/C18H15FO6/c1-22-13-6-9(7-14(23-2)18(13)24-3)17-16(21)15(20)11-5-4-10(19)8-12(11)25-17/h4-8,21H,1-3H3. The molecular weight excluding hydrogens is 331 g/mol. The highest BCUT2D eigenvalue weighted by molar-refractivity contribution is 5.82. The third kappa shape index (κ3) is 2.73. The molecule has 3 aromatic rings. The minimum Gasteiger partial charge on any atom is -0.502 e. The van der Waals surface area contributed by atoms with Gasteiger partial charge in [0.15, 0.2) is 17.3 Å². The minimum atomic E-state index is -0.662. The summed E-state index contributed by atoms with van der Waals surface area (Å²) in [6.07, 6.45) is 0. The van der Waals surface area contributed by atoms with Gasteiger partial charge in [0, 0.05) is 11.6 Å². The molecule has 0 saturated heterocycles. The van der Waals surface area contributed by atoms with Crippen LogP contribution in [-0.4, -0.2) is 26.4 Å². The van der Waals surface area contributed by atoms with Crippen molar-refractivity contribution >= 4 is 11.0 Å². The van der Waals surface area contributed by atoms with Crippen molar-refractivity contribution in [3.63, 3.8) is 0 Å². The Balaban J connectivity index is 2.33. The van der Waals surface area contributed by atoms with Crippen LogP contribution in [0.3, 0.4) is 0 Å². The lowest BCUT2D eigenvalue weighted by molar-refractivity contribution is 0.324. The first-order valence-electron chi connectivity index (χ1n) is 7.25. The molecule has 0 amide bonds. The van der Waals surface area contributed by atoms with Gasteiger partial charge in [0.05, 0.1) is 26.7 Å². The second-order valence-corrected chi connectivity index (χ2v) is 5.16. The predicted octanol–water partition coefficient (Wildman–Crippen LogP) is 3.33. The molecule has 0 unspecified atom stereocenters. The summed E-state index contributed by atoms with van der Waals surface area (Å²) < 4.78 is 34.8. The molecule has 0 aliphatic rings. The van der Waals surface area contributed by atoms with E-state index in [0.29, 0.717) is 22.8 Å². The van der Waals surface area contributed by atoms with Crippen LogP contribution in [0.15, 0.2) is 39.5 Å². The Bertz CT molecular complexity index is 983. The predicted molar refractivity (Wildman–Crippen MR) is 89.2 cm³/mol. The number of halogens is 1. The second-order valence-electron chi connectivity index (χ2n) is 5.16. The summed E-state index contributed by atoms with van der Waals surface area (Å²) in [5.41, 5.74) is -0.327. The van der Waals surface area contributed by atoms with Crippen LogP contribution < -0.4 is 19.6 Å². The molecule has 0 atom stereocenters. The second kappa shape index (κ2) is 6.35. The van der Waals surface area contributed by atoms with Crippen LogP contribution >= 0.6 is 0 Å². The van der Waals surface area contributed by atoms with Gasteiger partial charge < -0.3 is 23.7 Å². The largest absolute Gasteiger partial charge is 0.502 e. The summed E-state index contributed by atoms with van der Waals surface area (Å²) in [5, 5.41) is 10.3. The molecule has 1 heterocycles. The third-order valence-electron chi connectivity index (χ3n) is 3.76. The van der Waals surface area contributed by atoms with Crippen molar-refractivity contribution in [1.29, 1.82) is 0 Å². The van der Waals surface area contributed by atoms with E-state index in [9.17, 15) is 14.3 Å². The number of rotatable bonds is 4. The molecule has 0 fully saturated rings. The van der Waals surface area contributed by atoms with Gasteiger partial charge in [-0.05, 0) is 24.3 Å². The maximum atomic E-state index is 13.5. The summed E-state index contributed by atoms with van der Waals surface area (Å²) >= 11 is 0. The molecule has 0 spiro atoms. The van der Waals surface area contributed by atoms with E-state index in [1.54, 1.807) is 0 Å². The molecule has 0 saturated carbocycles. The van der Waals surface area contributed by atoms with E-state index < -0.39 is 17.0 Å². The lowest BCUT2D eigenvalue weighted by Crippen LogP contribution is -2.03. The highest BCUT2D eigenvalue weighted by atomic mass is 19.1. The van der Waals surface area contributed by atoms with Crippen LogP contribution in [0.5, 0.6) is 23.0 Å². The van der Waals surface area contributed by atoms with E-state index in [2.05, 4.69) is 0 Å². The van der Waals surface area contributed by atoms with Gasteiger partial charge in [0.25, 0.3) is 0 Å². The van der Waals surface area contributed by atoms with Crippen molar-refractivity contribution in [3.8, 4) is 34.3 Å². The summed E-state index contributed by atoms with van der Waals surface area (Å²) in [6.45, 7) is 0. The Morgan fingerprint density at radius 3 is 2.20 bits per heavy atom. The summed E-state index contributed by atoms with van der Waals surface area (Å²) in [5.74, 6) is -0.285. The minimum absolute atomic E-state index is 0.0200. The van der Waals surface area contributed by atoms with Crippen molar-refractivity contribution < 1.29 is 28.1 Å². The van der Waals surface area contributed by atoms with Crippen LogP contribution in [-0.2, 0) is 0 Å². The van der Waals surface area contributed by atoms with Gasteiger partial charge in [-0.2, -0.15) is 0 Å². The molecule has 0 aliphatic heterocycles. The molecule has 1 aromatic heterocycles. The van der Waals surface area contributed by atoms with Gasteiger partial charge in [-0.3, -0.25) is 4.79 Å². The van der Waals surface area contributed by atoms with E-state index in [1.165, 1.54) is 39.5 Å². The summed E-state index contributed by atoms with van der Waals surface area (Å²) in [7, 11) is 4.33. The fourth-order valence-electron chi connectivity index (χ4n) is 2.56. The van der Waals surface area contributed by atoms with Crippen LogP contribution in [0.1, 0.15) is 0 Å². The molecule has 25 heavy (non-hydrogen) atoms. The van der Waals surface area contributed by atoms with Crippen molar-refractivity contribution in [2.45, 2.75) is 0 Å². The van der Waals surface area contributed by atoms with Gasteiger partial charge >= 0.3 is 0 Å². The quantitative estimate of drug-likeness (QED) is 0.781. The number of methoxy groups -OCH3 is 3. The average Bonchev–Trinajstić information content (AvgIpc) is 2.63. The normalized spacial score (nSPS) is 10.7. The fraction of sp³-hybridized carbons (Fsp3) is 0.167. The lowest BCUT2D eigenvalue weighted by Gasteiger charge is -2.14. The van der Waals surface area contributed by atoms with Crippen LogP contribution in [0.4, 0.5) is 4.39 Å². The molecule has 130 valence electrons. The fourth-order valence-corrected chi connectivity index (χ4v) is 2.56. The van der Waals surface area contributed by atoms with E-state index in [4.69, 9.17) is 18.6 Å². The van der Waals surface area contributed by atoms with Crippen LogP contribution in [0.2, 0.25) is 0 Å². The lowest BCUT2D eigenvalue weighted by atomic mass is 10.1. The van der Waals surface area contributed by atoms with E-state index in [0.717, 1.165) is 12.1 Å². The Morgan fingerprint density at radius 1 is 1.00 bits per heavy atom. The number of ether oxygens (including phenoxy) is 3. The van der Waals surface area contributed by atoms with Crippen LogP contribution in [0, 0.1) is 5.82 Å². The first-order chi connectivity index (χ1) is 12.0. The van der Waals surface area contributed by atoms with Crippen molar-refractivity contribution in [3.05, 3.63) is 46.4 Å². The first kappa shape index (κ1) is 16.6. The molecule has 0 aliphatic carbocycles. The summed E-state index contributed by atoms with van der Waals surface area (Å²) in [6, 6.07) is 6.50. The number of hydrogen-bond acceptors (Lipinski definition) is 6. The molecular formula is C18H15FO6. The van der Waals surface area contributed by atoms with Gasteiger partial charge in [-0.25, -0.2) is 4.39 Å². The molecule has 6 nitrogen and oxygen atoms in total. The highest BCUT2D eigenvalue weighted by Crippen LogP contribution is 2.42. The number of aromatic hydroxyl groups is 1. The van der Waals surface area contributed by atoms with Crippen molar-refractivity contribution in [1.82, 2.24) is 0 Å². The molecule has 2 aromatic carbocycles. The molecule has 3 rings (SSSR count). The Kier molecular flexibility index (Phi) is 4.22. The number of benzene rings is 2. The maximum absolute atomic E-state index is 13.5. The van der Waals surface area contributed by atoms with Crippen molar-refractivity contribution in [2.75, 3.05) is 21.3 Å². The summed E-state index contributed by atoms with van der Waals surface area (Å²) in [4.78, 5) is 12.3. The number of fused-ring (bicyclic) bond motifs is 1.